The van der Waals surface area contributed by atoms with Crippen LogP contribution in [0.3, 0.4) is 0 Å². The molecular weight excluding hydrogens is 304 g/mol. The smallest absolute Gasteiger partial charge is 0.338 e. The second kappa shape index (κ2) is 6.36. The fourth-order valence-electron chi connectivity index (χ4n) is 2.48. The van der Waals surface area contributed by atoms with Crippen molar-refractivity contribution in [1.82, 2.24) is 4.31 Å². The second-order valence-electron chi connectivity index (χ2n) is 5.85. The van der Waals surface area contributed by atoms with Crippen molar-refractivity contribution in [3.63, 3.8) is 0 Å². The van der Waals surface area contributed by atoms with Crippen LogP contribution in [0.1, 0.15) is 30.6 Å². The lowest BCUT2D eigenvalue weighted by atomic mass is 9.90. The number of carbonyl (C=O) groups excluding carboxylic acids is 1. The van der Waals surface area contributed by atoms with E-state index in [0.717, 1.165) is 6.42 Å². The fraction of sp³-hybridized carbons (Fsp3) is 0.533. The van der Waals surface area contributed by atoms with E-state index in [1.54, 1.807) is 6.92 Å². The largest absolute Gasteiger partial charge is 0.462 e. The van der Waals surface area contributed by atoms with E-state index in [1.807, 2.05) is 6.92 Å². The quantitative estimate of drug-likeness (QED) is 0.822. The van der Waals surface area contributed by atoms with Gasteiger partial charge in [-0.2, -0.15) is 4.31 Å². The van der Waals surface area contributed by atoms with Crippen LogP contribution in [0, 0.1) is 5.41 Å². The molecule has 1 aromatic carbocycles. The Morgan fingerprint density at radius 1 is 1.36 bits per heavy atom. The Morgan fingerprint density at radius 3 is 2.50 bits per heavy atom. The molecule has 1 fully saturated rings. The summed E-state index contributed by atoms with van der Waals surface area (Å²) in [5.41, 5.74) is 5.89. The predicted molar refractivity (Wildman–Crippen MR) is 82.9 cm³/mol. The highest BCUT2D eigenvalue weighted by atomic mass is 32.2. The molecule has 0 aromatic heterocycles. The van der Waals surface area contributed by atoms with Crippen LogP contribution < -0.4 is 5.73 Å². The van der Waals surface area contributed by atoms with Gasteiger partial charge in [-0.25, -0.2) is 13.2 Å². The summed E-state index contributed by atoms with van der Waals surface area (Å²) in [7, 11) is -3.55. The van der Waals surface area contributed by atoms with E-state index in [4.69, 9.17) is 10.5 Å². The van der Waals surface area contributed by atoms with Crippen molar-refractivity contribution in [2.75, 3.05) is 26.2 Å². The van der Waals surface area contributed by atoms with E-state index >= 15 is 0 Å². The first kappa shape index (κ1) is 16.9. The molecule has 0 bridgehead atoms. The zero-order valence-corrected chi connectivity index (χ0v) is 13.7. The highest BCUT2D eigenvalue weighted by molar-refractivity contribution is 7.89. The molecule has 122 valence electrons. The van der Waals surface area contributed by atoms with Crippen LogP contribution in [0.5, 0.6) is 0 Å². The minimum Gasteiger partial charge on any atom is -0.462 e. The Hall–Kier alpha value is -1.44. The lowest BCUT2D eigenvalue weighted by molar-refractivity contribution is 0.0526. The second-order valence-corrected chi connectivity index (χ2v) is 7.79. The Labute approximate surface area is 131 Å². The van der Waals surface area contributed by atoms with Gasteiger partial charge in [0, 0.05) is 13.1 Å². The van der Waals surface area contributed by atoms with Crippen LogP contribution in [0.25, 0.3) is 0 Å². The Morgan fingerprint density at radius 2 is 2.00 bits per heavy atom. The summed E-state index contributed by atoms with van der Waals surface area (Å²) in [5.74, 6) is -0.455. The molecule has 2 rings (SSSR count). The normalized spacial score (nSPS) is 22.7. The predicted octanol–water partition coefficient (Wildman–Crippen LogP) is 1.22. The Balaban J connectivity index is 2.19. The molecule has 7 heteroatoms. The van der Waals surface area contributed by atoms with Crippen molar-refractivity contribution in [2.45, 2.75) is 25.2 Å². The zero-order chi connectivity index (χ0) is 16.4. The SMILES string of the molecule is CCOC(=O)c1ccc(S(=O)(=O)N2CCC(C)(CN)C2)cc1. The number of hydrogen-bond donors (Lipinski definition) is 1. The molecule has 0 saturated carbocycles. The summed E-state index contributed by atoms with van der Waals surface area (Å²) in [6.07, 6.45) is 0.754. The Kier molecular flexibility index (Phi) is 4.89. The van der Waals surface area contributed by atoms with E-state index in [-0.39, 0.29) is 16.9 Å². The van der Waals surface area contributed by atoms with Gasteiger partial charge in [-0.1, -0.05) is 6.92 Å². The van der Waals surface area contributed by atoms with Crippen molar-refractivity contribution in [3.05, 3.63) is 29.8 Å². The van der Waals surface area contributed by atoms with Crippen molar-refractivity contribution in [2.24, 2.45) is 11.1 Å². The number of rotatable bonds is 5. The van der Waals surface area contributed by atoms with Crippen molar-refractivity contribution >= 4 is 16.0 Å². The average molecular weight is 326 g/mol. The molecule has 0 radical (unpaired) electrons. The highest BCUT2D eigenvalue weighted by Crippen LogP contribution is 2.32. The number of nitrogens with zero attached hydrogens (tertiary/aromatic N) is 1. The molecule has 6 nitrogen and oxygen atoms in total. The lowest BCUT2D eigenvalue weighted by Gasteiger charge is -2.22. The van der Waals surface area contributed by atoms with Gasteiger partial charge in [0.2, 0.25) is 10.0 Å². The standard InChI is InChI=1S/C15H22N2O4S/c1-3-21-14(18)12-4-6-13(7-5-12)22(19,20)17-9-8-15(2,10-16)11-17/h4-7H,3,8-11,16H2,1-2H3. The molecule has 1 aromatic rings. The minimum absolute atomic E-state index is 0.169. The molecule has 0 aliphatic carbocycles. The zero-order valence-electron chi connectivity index (χ0n) is 12.9. The molecule has 1 atom stereocenters. The topological polar surface area (TPSA) is 89.7 Å². The first-order valence-corrected chi connectivity index (χ1v) is 8.74. The van der Waals surface area contributed by atoms with E-state index in [1.165, 1.54) is 28.6 Å². The molecule has 1 aliphatic rings. The van der Waals surface area contributed by atoms with Gasteiger partial charge >= 0.3 is 5.97 Å². The van der Waals surface area contributed by atoms with Crippen LogP contribution in [-0.2, 0) is 14.8 Å². The monoisotopic (exact) mass is 326 g/mol. The lowest BCUT2D eigenvalue weighted by Crippen LogP contribution is -2.34. The first-order valence-electron chi connectivity index (χ1n) is 7.30. The Bertz CT molecular complexity index is 642. The molecule has 0 amide bonds. The number of hydrogen-bond acceptors (Lipinski definition) is 5. The number of nitrogens with two attached hydrogens (primary N) is 1. The summed E-state index contributed by atoms with van der Waals surface area (Å²) in [6, 6.07) is 5.84. The highest BCUT2D eigenvalue weighted by Gasteiger charge is 2.38. The molecule has 1 heterocycles. The van der Waals surface area contributed by atoms with Gasteiger partial charge < -0.3 is 10.5 Å². The third kappa shape index (κ3) is 3.31. The van der Waals surface area contributed by atoms with Crippen LogP contribution >= 0.6 is 0 Å². The van der Waals surface area contributed by atoms with Crippen LogP contribution in [0.4, 0.5) is 0 Å². The molecule has 1 unspecified atom stereocenters. The molecule has 1 aliphatic heterocycles. The fourth-order valence-corrected chi connectivity index (χ4v) is 4.07. The molecular formula is C15H22N2O4S. The summed E-state index contributed by atoms with van der Waals surface area (Å²) < 4.78 is 31.6. The molecule has 22 heavy (non-hydrogen) atoms. The van der Waals surface area contributed by atoms with Gasteiger partial charge in [-0.05, 0) is 49.6 Å². The number of sulfonamides is 1. The number of ether oxygens (including phenoxy) is 1. The van der Waals surface area contributed by atoms with Crippen LogP contribution in [0.15, 0.2) is 29.2 Å². The third-order valence-electron chi connectivity index (χ3n) is 4.02. The summed E-state index contributed by atoms with van der Waals surface area (Å²) in [5, 5.41) is 0. The van der Waals surface area contributed by atoms with E-state index < -0.39 is 16.0 Å². The van der Waals surface area contributed by atoms with E-state index in [0.29, 0.717) is 25.2 Å². The van der Waals surface area contributed by atoms with Crippen LogP contribution in [0.2, 0.25) is 0 Å². The van der Waals surface area contributed by atoms with Gasteiger partial charge in [0.1, 0.15) is 0 Å². The van der Waals surface area contributed by atoms with Gasteiger partial charge in [0.15, 0.2) is 0 Å². The average Bonchev–Trinajstić information content (AvgIpc) is 2.92. The van der Waals surface area contributed by atoms with Crippen molar-refractivity contribution in [1.29, 1.82) is 0 Å². The van der Waals surface area contributed by atoms with E-state index in [2.05, 4.69) is 0 Å². The van der Waals surface area contributed by atoms with Crippen molar-refractivity contribution < 1.29 is 17.9 Å². The summed E-state index contributed by atoms with van der Waals surface area (Å²) >= 11 is 0. The minimum atomic E-state index is -3.55. The molecule has 2 N–H and O–H groups in total. The van der Waals surface area contributed by atoms with Gasteiger partial charge in [0.25, 0.3) is 0 Å². The molecule has 1 saturated heterocycles. The maximum absolute atomic E-state index is 12.6. The van der Waals surface area contributed by atoms with Gasteiger partial charge in [-0.15, -0.1) is 0 Å². The maximum atomic E-state index is 12.6. The van der Waals surface area contributed by atoms with E-state index in [9.17, 15) is 13.2 Å². The number of benzene rings is 1. The van der Waals surface area contributed by atoms with Crippen LogP contribution in [-0.4, -0.2) is 44.9 Å². The van der Waals surface area contributed by atoms with Gasteiger partial charge in [-0.3, -0.25) is 0 Å². The van der Waals surface area contributed by atoms with Crippen molar-refractivity contribution in [3.8, 4) is 0 Å². The van der Waals surface area contributed by atoms with Gasteiger partial charge in [0.05, 0.1) is 17.1 Å². The summed E-state index contributed by atoms with van der Waals surface area (Å²) in [6.45, 7) is 5.34. The number of carbonyl (C=O) groups is 1. The molecule has 0 spiro atoms. The third-order valence-corrected chi connectivity index (χ3v) is 5.88. The first-order chi connectivity index (χ1) is 10.3. The number of esters is 1. The maximum Gasteiger partial charge on any atom is 0.338 e. The summed E-state index contributed by atoms with van der Waals surface area (Å²) in [4.78, 5) is 11.8.